The fourth-order valence-corrected chi connectivity index (χ4v) is 4.97. The molecule has 0 unspecified atom stereocenters. The maximum atomic E-state index is 14.3. The van der Waals surface area contributed by atoms with Crippen molar-refractivity contribution in [3.05, 3.63) is 65.0 Å². The summed E-state index contributed by atoms with van der Waals surface area (Å²) >= 11 is 1.33. The molecular formula is C20H15FN8O2S. The van der Waals surface area contributed by atoms with Crippen molar-refractivity contribution >= 4 is 27.5 Å². The van der Waals surface area contributed by atoms with Crippen molar-refractivity contribution in [2.24, 2.45) is 7.05 Å². The van der Waals surface area contributed by atoms with Gasteiger partial charge in [0.2, 0.25) is 0 Å². The highest BCUT2D eigenvalue weighted by molar-refractivity contribution is 7.18. The smallest absolute Gasteiger partial charge is 0.312 e. The summed E-state index contributed by atoms with van der Waals surface area (Å²) in [6, 6.07) is 4.22. The number of rotatable bonds is 3. The van der Waals surface area contributed by atoms with Crippen LogP contribution in [0.5, 0.6) is 0 Å². The van der Waals surface area contributed by atoms with Gasteiger partial charge in [0.25, 0.3) is 5.89 Å². The third kappa shape index (κ3) is 2.91. The first-order valence-corrected chi connectivity index (χ1v) is 10.6. The van der Waals surface area contributed by atoms with Crippen LogP contribution in [0.4, 0.5) is 4.39 Å². The van der Waals surface area contributed by atoms with Crippen molar-refractivity contribution in [1.29, 1.82) is 0 Å². The minimum Gasteiger partial charge on any atom is -0.412 e. The molecule has 4 aromatic heterocycles. The number of halogens is 1. The van der Waals surface area contributed by atoms with Crippen LogP contribution in [-0.4, -0.2) is 52.3 Å². The molecule has 0 spiro atoms. The maximum Gasteiger partial charge on any atom is 0.312 e. The lowest BCUT2D eigenvalue weighted by molar-refractivity contribution is 0.0650. The lowest BCUT2D eigenvalue weighted by Gasteiger charge is -2.32. The van der Waals surface area contributed by atoms with Gasteiger partial charge < -0.3 is 14.3 Å². The molecule has 5 heterocycles. The van der Waals surface area contributed by atoms with Crippen molar-refractivity contribution in [1.82, 2.24) is 39.8 Å². The minimum absolute atomic E-state index is 0.139. The zero-order valence-electron chi connectivity index (χ0n) is 16.7. The number of aromatic nitrogens is 7. The number of benzene rings is 1. The summed E-state index contributed by atoms with van der Waals surface area (Å²) in [7, 11) is 1.77. The van der Waals surface area contributed by atoms with Crippen LogP contribution in [0.1, 0.15) is 33.1 Å². The standard InChI is InChI=1S/C20H15FN8O2S/c1-28-8-10(7-24-28)17-26-27-18(31-17)20(30)29-6-5-12-15(23-9-22-12)16(29)19-25-14-11(21)3-2-4-13(14)32-19/h2-4,7-9,16H,5-6H2,1H3,(H,22,23)/t16-/m0/s1. The predicted molar refractivity (Wildman–Crippen MR) is 111 cm³/mol. The Balaban J connectivity index is 1.41. The third-order valence-corrected chi connectivity index (χ3v) is 6.44. The number of imidazole rings is 1. The number of fused-ring (bicyclic) bond motifs is 2. The summed E-state index contributed by atoms with van der Waals surface area (Å²) in [5.74, 6) is -0.775. The molecule has 32 heavy (non-hydrogen) atoms. The summed E-state index contributed by atoms with van der Waals surface area (Å²) < 4.78 is 22.3. The van der Waals surface area contributed by atoms with E-state index in [1.165, 1.54) is 17.4 Å². The fourth-order valence-electron chi connectivity index (χ4n) is 3.88. The maximum absolute atomic E-state index is 14.3. The molecule has 0 saturated heterocycles. The van der Waals surface area contributed by atoms with Crippen molar-refractivity contribution in [2.45, 2.75) is 12.5 Å². The van der Waals surface area contributed by atoms with E-state index in [1.54, 1.807) is 47.5 Å². The Bertz CT molecular complexity index is 1470. The van der Waals surface area contributed by atoms with E-state index in [9.17, 15) is 9.18 Å². The number of amides is 1. The number of nitrogens with zero attached hydrogens (tertiary/aromatic N) is 7. The molecule has 12 heteroatoms. The van der Waals surface area contributed by atoms with Gasteiger partial charge in [-0.25, -0.2) is 14.4 Å². The molecule has 1 aliphatic heterocycles. The zero-order valence-corrected chi connectivity index (χ0v) is 17.5. The Hall–Kier alpha value is -3.93. The van der Waals surface area contributed by atoms with Crippen LogP contribution >= 0.6 is 11.3 Å². The number of aromatic amines is 1. The predicted octanol–water partition coefficient (Wildman–Crippen LogP) is 2.73. The average Bonchev–Trinajstić information content (AvgIpc) is 3.57. The van der Waals surface area contributed by atoms with Gasteiger partial charge in [0.05, 0.1) is 28.5 Å². The number of hydrogen-bond donors (Lipinski definition) is 1. The van der Waals surface area contributed by atoms with Crippen LogP contribution in [0, 0.1) is 5.82 Å². The van der Waals surface area contributed by atoms with E-state index >= 15 is 0 Å². The van der Waals surface area contributed by atoms with Gasteiger partial charge in [0.15, 0.2) is 0 Å². The molecule has 1 N–H and O–H groups in total. The summed E-state index contributed by atoms with van der Waals surface area (Å²) in [6.45, 7) is 0.391. The molecule has 0 bridgehead atoms. The molecule has 160 valence electrons. The van der Waals surface area contributed by atoms with Gasteiger partial charge in [-0.1, -0.05) is 6.07 Å². The number of nitrogens with one attached hydrogen (secondary N) is 1. The molecule has 6 rings (SSSR count). The van der Waals surface area contributed by atoms with Gasteiger partial charge in [-0.2, -0.15) is 5.10 Å². The molecular weight excluding hydrogens is 435 g/mol. The lowest BCUT2D eigenvalue weighted by Crippen LogP contribution is -2.41. The van der Waals surface area contributed by atoms with E-state index in [0.29, 0.717) is 33.9 Å². The SMILES string of the molecule is Cn1cc(-c2nnc(C(=O)N3CCc4[nH]cnc4[C@H]3c3nc4c(F)cccc4s3)o2)cn1. The topological polar surface area (TPSA) is 119 Å². The molecule has 1 aromatic carbocycles. The van der Waals surface area contributed by atoms with Crippen molar-refractivity contribution in [3.63, 3.8) is 0 Å². The summed E-state index contributed by atoms with van der Waals surface area (Å²) in [5.41, 5.74) is 2.49. The Morgan fingerprint density at radius 3 is 3.06 bits per heavy atom. The van der Waals surface area contributed by atoms with E-state index in [0.717, 1.165) is 5.69 Å². The second-order valence-corrected chi connectivity index (χ2v) is 8.43. The third-order valence-electron chi connectivity index (χ3n) is 5.37. The number of carbonyl (C=O) groups excluding carboxylic acids is 1. The fraction of sp³-hybridized carbons (Fsp3) is 0.200. The van der Waals surface area contributed by atoms with E-state index in [4.69, 9.17) is 4.42 Å². The monoisotopic (exact) mass is 450 g/mol. The average molecular weight is 450 g/mol. The van der Waals surface area contributed by atoms with Crippen LogP contribution in [0.15, 0.2) is 41.3 Å². The Morgan fingerprint density at radius 1 is 1.34 bits per heavy atom. The van der Waals surface area contributed by atoms with Crippen molar-refractivity contribution < 1.29 is 13.6 Å². The first-order chi connectivity index (χ1) is 15.6. The number of carbonyl (C=O) groups is 1. The van der Waals surface area contributed by atoms with Crippen LogP contribution in [0.25, 0.3) is 21.7 Å². The van der Waals surface area contributed by atoms with Gasteiger partial charge in [0, 0.05) is 31.9 Å². The highest BCUT2D eigenvalue weighted by atomic mass is 32.1. The van der Waals surface area contributed by atoms with Gasteiger partial charge >= 0.3 is 11.8 Å². The first-order valence-electron chi connectivity index (χ1n) is 9.79. The van der Waals surface area contributed by atoms with Gasteiger partial charge in [-0.15, -0.1) is 21.5 Å². The van der Waals surface area contributed by atoms with Crippen LogP contribution < -0.4 is 0 Å². The summed E-state index contributed by atoms with van der Waals surface area (Å²) in [5, 5.41) is 12.6. The van der Waals surface area contributed by atoms with Crippen molar-refractivity contribution in [3.8, 4) is 11.5 Å². The molecule has 1 amide bonds. The first kappa shape index (κ1) is 18.8. The largest absolute Gasteiger partial charge is 0.412 e. The molecule has 5 aromatic rings. The molecule has 1 atom stereocenters. The second-order valence-electron chi connectivity index (χ2n) is 7.37. The molecule has 0 saturated carbocycles. The van der Waals surface area contributed by atoms with Crippen molar-refractivity contribution in [2.75, 3.05) is 6.54 Å². The number of H-pyrrole nitrogens is 1. The minimum atomic E-state index is -0.594. The molecule has 0 aliphatic carbocycles. The number of para-hydroxylation sites is 1. The lowest BCUT2D eigenvalue weighted by atomic mass is 10.0. The van der Waals surface area contributed by atoms with Gasteiger partial charge in [-0.3, -0.25) is 9.48 Å². The summed E-state index contributed by atoms with van der Waals surface area (Å²) in [4.78, 5) is 27.1. The van der Waals surface area contributed by atoms with E-state index in [2.05, 4.69) is 30.2 Å². The van der Waals surface area contributed by atoms with E-state index in [1.807, 2.05) is 0 Å². The molecule has 1 aliphatic rings. The number of thiazole rings is 1. The molecule has 0 fully saturated rings. The number of aryl methyl sites for hydroxylation is 1. The summed E-state index contributed by atoms with van der Waals surface area (Å²) in [6.07, 6.45) is 5.47. The van der Waals surface area contributed by atoms with Crippen LogP contribution in [-0.2, 0) is 13.5 Å². The normalized spacial score (nSPS) is 15.9. The van der Waals surface area contributed by atoms with E-state index in [-0.39, 0.29) is 17.3 Å². The highest BCUT2D eigenvalue weighted by Crippen LogP contribution is 2.38. The van der Waals surface area contributed by atoms with Gasteiger partial charge in [0.1, 0.15) is 22.4 Å². The highest BCUT2D eigenvalue weighted by Gasteiger charge is 2.38. The second kappa shape index (κ2) is 7.05. The Kier molecular flexibility index (Phi) is 4.15. The molecule has 0 radical (unpaired) electrons. The molecule has 10 nitrogen and oxygen atoms in total. The zero-order chi connectivity index (χ0) is 21.8. The van der Waals surface area contributed by atoms with E-state index < -0.39 is 17.8 Å². The number of hydrogen-bond acceptors (Lipinski definition) is 8. The van der Waals surface area contributed by atoms with Crippen LogP contribution in [0.3, 0.4) is 0 Å². The Morgan fingerprint density at radius 2 is 2.25 bits per heavy atom. The van der Waals surface area contributed by atoms with Crippen LogP contribution in [0.2, 0.25) is 0 Å². The Labute approximate surface area is 183 Å². The van der Waals surface area contributed by atoms with Gasteiger partial charge in [-0.05, 0) is 12.1 Å². The quantitative estimate of drug-likeness (QED) is 0.449.